The molecule has 9 rings (SSSR count). The molecule has 4 aliphatic heterocycles. The fraction of sp³-hybridized carbons (Fsp3) is 0.381. The van der Waals surface area contributed by atoms with E-state index in [0.717, 1.165) is 48.7 Å². The average Bonchev–Trinajstić information content (AvgIpc) is 3.40. The normalized spacial score (nSPS) is 23.4. The van der Waals surface area contributed by atoms with Crippen LogP contribution in [0.15, 0.2) is 79.0 Å². The maximum atomic E-state index is 13.7. The van der Waals surface area contributed by atoms with Crippen molar-refractivity contribution in [3.05, 3.63) is 113 Å². The second-order valence-electron chi connectivity index (χ2n) is 15.7. The van der Waals surface area contributed by atoms with E-state index in [9.17, 15) is 24.3 Å². The van der Waals surface area contributed by atoms with Crippen LogP contribution in [-0.4, -0.2) is 81.4 Å². The second kappa shape index (κ2) is 13.9. The van der Waals surface area contributed by atoms with E-state index in [1.54, 1.807) is 24.4 Å². The molecular formula is C42H43N7O6. The lowest BCUT2D eigenvalue weighted by Gasteiger charge is -2.57. The number of ether oxygens (including phenoxy) is 1. The number of carbonyl (C=O) groups is 4. The van der Waals surface area contributed by atoms with E-state index in [1.165, 1.54) is 16.7 Å². The van der Waals surface area contributed by atoms with Crippen molar-refractivity contribution in [2.45, 2.75) is 75.8 Å². The molecule has 0 bridgehead atoms. The number of hydrogen-bond donors (Lipinski definition) is 4. The number of nitrogens with one attached hydrogen (secondary N) is 3. The minimum absolute atomic E-state index is 0.0284. The third-order valence-electron chi connectivity index (χ3n) is 11.9. The summed E-state index contributed by atoms with van der Waals surface area (Å²) in [6.45, 7) is 5.01. The van der Waals surface area contributed by atoms with Crippen LogP contribution >= 0.6 is 0 Å². The highest BCUT2D eigenvalue weighted by molar-refractivity contribution is 6.25. The number of carbonyl (C=O) groups excluding carboxylic acids is 4. The predicted molar refractivity (Wildman–Crippen MR) is 203 cm³/mol. The van der Waals surface area contributed by atoms with Gasteiger partial charge in [0.1, 0.15) is 18.4 Å². The van der Waals surface area contributed by atoms with Gasteiger partial charge in [-0.2, -0.15) is 0 Å². The molecule has 1 aromatic heterocycles. The number of hydrogen-bond acceptors (Lipinski definition) is 11. The molecule has 1 spiro atoms. The lowest BCUT2D eigenvalue weighted by Crippen LogP contribution is -2.64. The highest BCUT2D eigenvalue weighted by Gasteiger charge is 2.52. The molecule has 3 saturated heterocycles. The Morgan fingerprint density at radius 2 is 1.78 bits per heavy atom. The lowest BCUT2D eigenvalue weighted by molar-refractivity contribution is -0.136. The summed E-state index contributed by atoms with van der Waals surface area (Å²) in [7, 11) is 0. The molecule has 13 heteroatoms. The topological polar surface area (TPSA) is 166 Å². The number of aliphatic hydroxyl groups is 1. The average molecular weight is 742 g/mol. The summed E-state index contributed by atoms with van der Waals surface area (Å²) in [5.41, 5.74) is 5.70. The first-order chi connectivity index (χ1) is 26.6. The molecule has 3 aromatic carbocycles. The Morgan fingerprint density at radius 1 is 0.982 bits per heavy atom. The summed E-state index contributed by atoms with van der Waals surface area (Å²) < 4.78 is 6.10. The van der Waals surface area contributed by atoms with E-state index >= 15 is 0 Å². The number of aliphatic hydroxyl groups excluding tert-OH is 1. The van der Waals surface area contributed by atoms with Crippen LogP contribution in [0.5, 0.6) is 5.75 Å². The third kappa shape index (κ3) is 6.50. The molecular weight excluding hydrogens is 699 g/mol. The van der Waals surface area contributed by atoms with Crippen molar-refractivity contribution in [3.8, 4) is 5.75 Å². The van der Waals surface area contributed by atoms with Gasteiger partial charge in [-0.25, -0.2) is 9.97 Å². The smallest absolute Gasteiger partial charge is 0.264 e. The zero-order chi connectivity index (χ0) is 37.8. The number of imide groups is 2. The van der Waals surface area contributed by atoms with Crippen LogP contribution in [-0.2, 0) is 22.6 Å². The maximum Gasteiger partial charge on any atom is 0.264 e. The van der Waals surface area contributed by atoms with Gasteiger partial charge < -0.3 is 25.4 Å². The first-order valence-electron chi connectivity index (χ1n) is 19.0. The van der Waals surface area contributed by atoms with Crippen molar-refractivity contribution >= 4 is 35.3 Å². The summed E-state index contributed by atoms with van der Waals surface area (Å²) in [6.07, 6.45) is 4.35. The van der Waals surface area contributed by atoms with E-state index in [1.807, 2.05) is 24.3 Å². The molecule has 1 saturated carbocycles. The first kappa shape index (κ1) is 35.1. The van der Waals surface area contributed by atoms with Crippen molar-refractivity contribution in [2.24, 2.45) is 5.41 Å². The highest BCUT2D eigenvalue weighted by atomic mass is 16.5. The van der Waals surface area contributed by atoms with Crippen molar-refractivity contribution in [1.82, 2.24) is 25.5 Å². The van der Waals surface area contributed by atoms with Crippen LogP contribution < -0.4 is 25.6 Å². The number of piperidine rings is 1. The number of fused-ring (bicyclic) bond motifs is 1. The van der Waals surface area contributed by atoms with Gasteiger partial charge in [0.05, 0.1) is 35.0 Å². The first-order valence-corrected chi connectivity index (χ1v) is 19.0. The van der Waals surface area contributed by atoms with Crippen LogP contribution in [0.3, 0.4) is 0 Å². The summed E-state index contributed by atoms with van der Waals surface area (Å²) in [4.78, 5) is 63.7. The molecule has 4 atom stereocenters. The molecule has 1 aliphatic carbocycles. The quantitative estimate of drug-likeness (QED) is 0.165. The van der Waals surface area contributed by atoms with E-state index in [2.05, 4.69) is 63.1 Å². The number of benzene rings is 3. The number of rotatable bonds is 11. The maximum absolute atomic E-state index is 13.7. The largest absolute Gasteiger partial charge is 0.487 e. The Balaban J connectivity index is 0.826. The van der Waals surface area contributed by atoms with Gasteiger partial charge in [-0.1, -0.05) is 49.4 Å². The minimum atomic E-state index is -1.01. The number of aromatic nitrogens is 2. The van der Waals surface area contributed by atoms with Crippen molar-refractivity contribution in [1.29, 1.82) is 0 Å². The van der Waals surface area contributed by atoms with Gasteiger partial charge >= 0.3 is 0 Å². The SMILES string of the molecule is CC(Cc1ccc(OCc2ccnc(N3CC4(CC(O)C4)C3)n2)cc1)c1ccccc1C1NCC1Nc1cccc2c1C(=O)N(C1CCC(=O)NC1=O)C2=O. The van der Waals surface area contributed by atoms with Gasteiger partial charge in [0.25, 0.3) is 11.8 Å². The molecule has 282 valence electrons. The summed E-state index contributed by atoms with van der Waals surface area (Å²) in [5.74, 6) is -0.392. The molecule has 13 nitrogen and oxygen atoms in total. The fourth-order valence-corrected chi connectivity index (χ4v) is 8.96. The third-order valence-corrected chi connectivity index (χ3v) is 11.9. The fourth-order valence-electron chi connectivity index (χ4n) is 8.96. The highest BCUT2D eigenvalue weighted by Crippen LogP contribution is 2.49. The van der Waals surface area contributed by atoms with Crippen LogP contribution in [0, 0.1) is 5.41 Å². The van der Waals surface area contributed by atoms with Crippen LogP contribution in [0.2, 0.25) is 0 Å². The van der Waals surface area contributed by atoms with E-state index < -0.39 is 29.7 Å². The Bertz CT molecular complexity index is 2180. The van der Waals surface area contributed by atoms with Crippen molar-refractivity contribution in [2.75, 3.05) is 29.9 Å². The van der Waals surface area contributed by atoms with Crippen LogP contribution in [0.25, 0.3) is 0 Å². The Hall–Kier alpha value is -5.66. The zero-order valence-electron chi connectivity index (χ0n) is 30.5. The second-order valence-corrected chi connectivity index (χ2v) is 15.7. The summed E-state index contributed by atoms with van der Waals surface area (Å²) in [5, 5.41) is 19.1. The predicted octanol–water partition coefficient (Wildman–Crippen LogP) is 3.89. The molecule has 4 fully saturated rings. The van der Waals surface area contributed by atoms with Gasteiger partial charge in [0, 0.05) is 43.4 Å². The Labute approximate surface area is 318 Å². The van der Waals surface area contributed by atoms with Gasteiger partial charge in [-0.3, -0.25) is 29.4 Å². The van der Waals surface area contributed by atoms with Gasteiger partial charge in [-0.05, 0) is 78.6 Å². The standard InChI is InChI=1S/C42H43N7O6/c1-24(17-25-9-11-28(12-10-25)55-21-26-15-16-43-41(45-26)48-22-42(23-48)18-27(50)19-42)29-5-2-3-6-30(29)37-33(20-44-37)46-32-8-4-7-31-36(32)40(54)49(39(31)53)34-13-14-35(51)47-38(34)52/h2-12,15-16,24,27,33-34,37,44,46,50H,13-14,17-23H2,1H3,(H,47,51,52). The van der Waals surface area contributed by atoms with Crippen LogP contribution in [0.4, 0.5) is 11.6 Å². The van der Waals surface area contributed by atoms with E-state index in [4.69, 9.17) is 9.72 Å². The Kier molecular flexibility index (Phi) is 8.85. The van der Waals surface area contributed by atoms with Crippen molar-refractivity contribution < 1.29 is 29.0 Å². The molecule has 4 N–H and O–H groups in total. The number of amides is 4. The number of anilines is 2. The molecule has 5 heterocycles. The molecule has 4 unspecified atom stereocenters. The molecule has 4 amide bonds. The molecule has 55 heavy (non-hydrogen) atoms. The molecule has 0 radical (unpaired) electrons. The minimum Gasteiger partial charge on any atom is -0.487 e. The number of nitrogens with zero attached hydrogens (tertiary/aromatic N) is 4. The Morgan fingerprint density at radius 3 is 2.53 bits per heavy atom. The van der Waals surface area contributed by atoms with Gasteiger partial charge in [0.15, 0.2) is 0 Å². The lowest BCUT2D eigenvalue weighted by atomic mass is 9.62. The van der Waals surface area contributed by atoms with E-state index in [0.29, 0.717) is 24.8 Å². The van der Waals surface area contributed by atoms with Gasteiger partial charge in [-0.15, -0.1) is 0 Å². The van der Waals surface area contributed by atoms with Gasteiger partial charge in [0.2, 0.25) is 17.8 Å². The van der Waals surface area contributed by atoms with Crippen LogP contribution in [0.1, 0.15) is 87.7 Å². The monoisotopic (exact) mass is 741 g/mol. The van der Waals surface area contributed by atoms with E-state index in [-0.39, 0.29) is 53.5 Å². The molecule has 5 aliphatic rings. The van der Waals surface area contributed by atoms with Crippen molar-refractivity contribution in [3.63, 3.8) is 0 Å². The molecule has 4 aromatic rings. The summed E-state index contributed by atoms with van der Waals surface area (Å²) >= 11 is 0. The summed E-state index contributed by atoms with van der Waals surface area (Å²) in [6, 6.07) is 22.5. The zero-order valence-corrected chi connectivity index (χ0v) is 30.5.